The summed E-state index contributed by atoms with van der Waals surface area (Å²) in [6.45, 7) is 4.45. The highest BCUT2D eigenvalue weighted by molar-refractivity contribution is 5.93. The molecule has 1 aliphatic rings. The average Bonchev–Trinajstić information content (AvgIpc) is 2.83. The monoisotopic (exact) mass is 207 g/mol. The molecular weight excluding hydrogens is 190 g/mol. The Morgan fingerprint density at radius 2 is 2.33 bits per heavy atom. The number of amides is 1. The molecule has 1 aromatic heterocycles. The molecule has 1 fully saturated rings. The van der Waals surface area contributed by atoms with Crippen LogP contribution in [0.2, 0.25) is 0 Å². The minimum absolute atomic E-state index is 0.0188. The van der Waals surface area contributed by atoms with Crippen LogP contribution in [-0.2, 0) is 0 Å². The topological polar surface area (TPSA) is 57.8 Å². The molecule has 0 bridgehead atoms. The van der Waals surface area contributed by atoms with Crippen molar-refractivity contribution in [2.45, 2.75) is 32.7 Å². The Bertz CT molecular complexity index is 334. The van der Waals surface area contributed by atoms with Crippen LogP contribution in [0, 0.1) is 11.8 Å². The van der Waals surface area contributed by atoms with Crippen LogP contribution < -0.4 is 5.32 Å². The zero-order valence-corrected chi connectivity index (χ0v) is 9.16. The van der Waals surface area contributed by atoms with E-state index >= 15 is 0 Å². The fourth-order valence-electron chi connectivity index (χ4n) is 2.20. The highest BCUT2D eigenvalue weighted by atomic mass is 16.1. The van der Waals surface area contributed by atoms with Crippen molar-refractivity contribution in [3.8, 4) is 0 Å². The van der Waals surface area contributed by atoms with E-state index in [9.17, 15) is 4.79 Å². The summed E-state index contributed by atoms with van der Waals surface area (Å²) >= 11 is 0. The molecular formula is C11H17N3O. The standard InChI is InChI=1S/C11H17N3O/c1-7-3-4-10(8(7)2)14-11(15)9-5-12-13-6-9/h5-8,10H,3-4H2,1-2H3,(H,12,13)(H,14,15). The number of aromatic nitrogens is 2. The van der Waals surface area contributed by atoms with Gasteiger partial charge in [0.05, 0.1) is 11.8 Å². The van der Waals surface area contributed by atoms with Crippen molar-refractivity contribution in [2.24, 2.45) is 11.8 Å². The summed E-state index contributed by atoms with van der Waals surface area (Å²) in [5.74, 6) is 1.26. The number of aromatic amines is 1. The molecule has 15 heavy (non-hydrogen) atoms. The first-order valence-corrected chi connectivity index (χ1v) is 5.48. The molecule has 0 aromatic carbocycles. The predicted octanol–water partition coefficient (Wildman–Crippen LogP) is 1.57. The van der Waals surface area contributed by atoms with Gasteiger partial charge in [-0.3, -0.25) is 9.89 Å². The van der Waals surface area contributed by atoms with Crippen LogP contribution in [0.1, 0.15) is 37.0 Å². The molecule has 4 heteroatoms. The zero-order chi connectivity index (χ0) is 10.8. The van der Waals surface area contributed by atoms with E-state index in [0.717, 1.165) is 6.42 Å². The second-order valence-corrected chi connectivity index (χ2v) is 4.48. The van der Waals surface area contributed by atoms with Crippen molar-refractivity contribution in [3.05, 3.63) is 18.0 Å². The second-order valence-electron chi connectivity index (χ2n) is 4.48. The lowest BCUT2D eigenvalue weighted by Gasteiger charge is -2.19. The molecule has 3 atom stereocenters. The maximum atomic E-state index is 11.7. The number of hydrogen-bond acceptors (Lipinski definition) is 2. The molecule has 0 spiro atoms. The summed E-state index contributed by atoms with van der Waals surface area (Å²) in [6.07, 6.45) is 5.47. The van der Waals surface area contributed by atoms with Gasteiger partial charge in [-0.2, -0.15) is 5.10 Å². The number of hydrogen-bond donors (Lipinski definition) is 2. The van der Waals surface area contributed by atoms with Gasteiger partial charge < -0.3 is 5.32 Å². The Morgan fingerprint density at radius 1 is 1.53 bits per heavy atom. The van der Waals surface area contributed by atoms with Crippen LogP contribution in [0.15, 0.2) is 12.4 Å². The van der Waals surface area contributed by atoms with Crippen molar-refractivity contribution in [1.82, 2.24) is 15.5 Å². The maximum Gasteiger partial charge on any atom is 0.254 e. The lowest BCUT2D eigenvalue weighted by atomic mass is 9.98. The molecule has 2 N–H and O–H groups in total. The highest BCUT2D eigenvalue weighted by Gasteiger charge is 2.30. The lowest BCUT2D eigenvalue weighted by Crippen LogP contribution is -2.37. The Hall–Kier alpha value is -1.32. The summed E-state index contributed by atoms with van der Waals surface area (Å²) in [7, 11) is 0. The first kappa shape index (κ1) is 10.2. The smallest absolute Gasteiger partial charge is 0.254 e. The van der Waals surface area contributed by atoms with E-state index in [4.69, 9.17) is 0 Å². The first-order chi connectivity index (χ1) is 7.18. The third kappa shape index (κ3) is 2.03. The summed E-state index contributed by atoms with van der Waals surface area (Å²) in [4.78, 5) is 11.7. The Morgan fingerprint density at radius 3 is 2.87 bits per heavy atom. The normalized spacial score (nSPS) is 30.4. The maximum absolute atomic E-state index is 11.7. The van der Waals surface area contributed by atoms with E-state index in [1.165, 1.54) is 6.42 Å². The first-order valence-electron chi connectivity index (χ1n) is 5.48. The van der Waals surface area contributed by atoms with Crippen LogP contribution in [0.4, 0.5) is 0 Å². The molecule has 1 aliphatic carbocycles. The van der Waals surface area contributed by atoms with Gasteiger partial charge in [0.2, 0.25) is 0 Å². The molecule has 3 unspecified atom stereocenters. The number of rotatable bonds is 2. The molecule has 2 rings (SSSR count). The highest BCUT2D eigenvalue weighted by Crippen LogP contribution is 2.31. The summed E-state index contributed by atoms with van der Waals surface area (Å²) < 4.78 is 0. The van der Waals surface area contributed by atoms with Crippen LogP contribution in [0.25, 0.3) is 0 Å². The molecule has 0 saturated heterocycles. The molecule has 0 radical (unpaired) electrons. The van der Waals surface area contributed by atoms with Gasteiger partial charge in [-0.1, -0.05) is 13.8 Å². The van der Waals surface area contributed by atoms with Gasteiger partial charge in [0.15, 0.2) is 0 Å². The number of carbonyl (C=O) groups excluding carboxylic acids is 1. The number of H-pyrrole nitrogens is 1. The Labute approximate surface area is 89.5 Å². The summed E-state index contributed by atoms with van der Waals surface area (Å²) in [5.41, 5.74) is 0.613. The predicted molar refractivity (Wildman–Crippen MR) is 57.4 cm³/mol. The van der Waals surface area contributed by atoms with E-state index in [2.05, 4.69) is 29.4 Å². The fourth-order valence-corrected chi connectivity index (χ4v) is 2.20. The Kier molecular flexibility index (Phi) is 2.75. The van der Waals surface area contributed by atoms with Gasteiger partial charge >= 0.3 is 0 Å². The van der Waals surface area contributed by atoms with Gasteiger partial charge in [-0.15, -0.1) is 0 Å². The van der Waals surface area contributed by atoms with Gasteiger partial charge in [-0.05, 0) is 24.7 Å². The van der Waals surface area contributed by atoms with Crippen molar-refractivity contribution in [2.75, 3.05) is 0 Å². The summed E-state index contributed by atoms with van der Waals surface area (Å²) in [5, 5.41) is 9.47. The van der Waals surface area contributed by atoms with Crippen molar-refractivity contribution < 1.29 is 4.79 Å². The van der Waals surface area contributed by atoms with E-state index in [-0.39, 0.29) is 5.91 Å². The number of carbonyl (C=O) groups is 1. The fraction of sp³-hybridized carbons (Fsp3) is 0.636. The van der Waals surface area contributed by atoms with Crippen LogP contribution in [-0.4, -0.2) is 22.1 Å². The number of nitrogens with zero attached hydrogens (tertiary/aromatic N) is 1. The molecule has 1 aromatic rings. The lowest BCUT2D eigenvalue weighted by molar-refractivity contribution is 0.0927. The molecule has 4 nitrogen and oxygen atoms in total. The number of nitrogens with one attached hydrogen (secondary N) is 2. The van der Waals surface area contributed by atoms with E-state index in [1.807, 2.05) is 0 Å². The minimum atomic E-state index is -0.0188. The van der Waals surface area contributed by atoms with Crippen LogP contribution in [0.3, 0.4) is 0 Å². The third-order valence-electron chi connectivity index (χ3n) is 3.54. The van der Waals surface area contributed by atoms with Gasteiger partial charge in [0.25, 0.3) is 5.91 Å². The summed E-state index contributed by atoms with van der Waals surface area (Å²) in [6, 6.07) is 0.322. The van der Waals surface area contributed by atoms with Gasteiger partial charge in [-0.25, -0.2) is 0 Å². The van der Waals surface area contributed by atoms with Gasteiger partial charge in [0.1, 0.15) is 0 Å². The van der Waals surface area contributed by atoms with Crippen molar-refractivity contribution in [3.63, 3.8) is 0 Å². The van der Waals surface area contributed by atoms with Crippen LogP contribution >= 0.6 is 0 Å². The van der Waals surface area contributed by atoms with Crippen molar-refractivity contribution >= 4 is 5.91 Å². The van der Waals surface area contributed by atoms with Gasteiger partial charge in [0, 0.05) is 12.2 Å². The second kappa shape index (κ2) is 4.04. The molecule has 0 aliphatic heterocycles. The molecule has 1 saturated carbocycles. The van der Waals surface area contributed by atoms with E-state index in [0.29, 0.717) is 23.4 Å². The SMILES string of the molecule is CC1CCC(NC(=O)c2cn[nH]c2)C1C. The van der Waals surface area contributed by atoms with E-state index in [1.54, 1.807) is 12.4 Å². The molecule has 82 valence electrons. The third-order valence-corrected chi connectivity index (χ3v) is 3.54. The largest absolute Gasteiger partial charge is 0.349 e. The molecule has 1 amide bonds. The zero-order valence-electron chi connectivity index (χ0n) is 9.16. The molecule has 1 heterocycles. The average molecular weight is 207 g/mol. The minimum Gasteiger partial charge on any atom is -0.349 e. The van der Waals surface area contributed by atoms with Crippen molar-refractivity contribution in [1.29, 1.82) is 0 Å². The quantitative estimate of drug-likeness (QED) is 0.773. The van der Waals surface area contributed by atoms with Crippen LogP contribution in [0.5, 0.6) is 0 Å². The van der Waals surface area contributed by atoms with E-state index < -0.39 is 0 Å². The Balaban J connectivity index is 1.95.